The maximum Gasteiger partial charge on any atom is 0.151 e. The van der Waals surface area contributed by atoms with Crippen LogP contribution in [0.3, 0.4) is 0 Å². The van der Waals surface area contributed by atoms with Gasteiger partial charge in [-0.1, -0.05) is 0 Å². The van der Waals surface area contributed by atoms with Crippen molar-refractivity contribution in [2.24, 2.45) is 5.73 Å². The number of ketones is 1. The third kappa shape index (κ3) is 4.08. The molecule has 0 saturated carbocycles. The molecule has 0 amide bonds. The highest BCUT2D eigenvalue weighted by Gasteiger charge is 2.19. The number of hydrogen-bond donors (Lipinski definition) is 1. The number of nitrogens with zero attached hydrogens (tertiary/aromatic N) is 1. The lowest BCUT2D eigenvalue weighted by Crippen LogP contribution is -2.42. The summed E-state index contributed by atoms with van der Waals surface area (Å²) in [5.74, 6) is -1.15. The molecule has 1 heterocycles. The molecule has 2 rings (SSSR count). The molecule has 1 saturated heterocycles. The third-order valence-corrected chi connectivity index (χ3v) is 3.43. The number of nitrogens with two attached hydrogens (primary N) is 1. The average molecular weight is 268 g/mol. The van der Waals surface area contributed by atoms with Crippen LogP contribution in [0.2, 0.25) is 0 Å². The van der Waals surface area contributed by atoms with Crippen LogP contribution in [0.25, 0.3) is 0 Å². The topological polar surface area (TPSA) is 46.3 Å². The van der Waals surface area contributed by atoms with E-state index in [1.807, 2.05) is 4.90 Å². The summed E-state index contributed by atoms with van der Waals surface area (Å²) in [6, 6.07) is 3.40. The lowest BCUT2D eigenvalue weighted by Gasteiger charge is -2.29. The maximum atomic E-state index is 13.4. The lowest BCUT2D eigenvalue weighted by atomic mass is 10.0. The molecular formula is C14H18F2N2O. The summed E-state index contributed by atoms with van der Waals surface area (Å²) in [5.41, 5.74) is 5.91. The van der Waals surface area contributed by atoms with E-state index in [2.05, 4.69) is 0 Å². The zero-order valence-electron chi connectivity index (χ0n) is 10.7. The first-order valence-electron chi connectivity index (χ1n) is 6.48. The van der Waals surface area contributed by atoms with E-state index >= 15 is 0 Å². The first-order chi connectivity index (χ1) is 9.04. The van der Waals surface area contributed by atoms with Crippen molar-refractivity contribution in [2.45, 2.75) is 25.3 Å². The molecule has 1 aromatic rings. The molecule has 2 N–H and O–H groups in total. The standard InChI is InChI=1S/C14H18F2N2O/c15-11-1-2-14(16)10(7-11)8-13(19)9-18-5-3-12(17)4-6-18/h1-2,7,12H,3-6,8-9,17H2. The van der Waals surface area contributed by atoms with Gasteiger partial charge in [-0.15, -0.1) is 0 Å². The lowest BCUT2D eigenvalue weighted by molar-refractivity contribution is -0.119. The van der Waals surface area contributed by atoms with Gasteiger partial charge in [-0.05, 0) is 36.6 Å². The van der Waals surface area contributed by atoms with E-state index in [1.54, 1.807) is 0 Å². The highest BCUT2D eigenvalue weighted by molar-refractivity contribution is 5.82. The molecule has 0 aromatic heterocycles. The van der Waals surface area contributed by atoms with Gasteiger partial charge in [-0.3, -0.25) is 9.69 Å². The van der Waals surface area contributed by atoms with Crippen molar-refractivity contribution in [1.82, 2.24) is 4.90 Å². The summed E-state index contributed by atoms with van der Waals surface area (Å²) in [4.78, 5) is 13.9. The average Bonchev–Trinajstić information content (AvgIpc) is 2.37. The second-order valence-corrected chi connectivity index (χ2v) is 5.06. The number of rotatable bonds is 4. The molecule has 0 unspecified atom stereocenters. The Morgan fingerprint density at radius 3 is 2.68 bits per heavy atom. The summed E-state index contributed by atoms with van der Waals surface area (Å²) in [7, 11) is 0. The van der Waals surface area contributed by atoms with E-state index in [9.17, 15) is 13.6 Å². The zero-order chi connectivity index (χ0) is 13.8. The fourth-order valence-electron chi connectivity index (χ4n) is 2.31. The highest BCUT2D eigenvalue weighted by Crippen LogP contribution is 2.12. The van der Waals surface area contributed by atoms with E-state index in [-0.39, 0.29) is 30.4 Å². The Morgan fingerprint density at radius 2 is 2.00 bits per heavy atom. The molecule has 1 fully saturated rings. The Kier molecular flexibility index (Phi) is 4.61. The molecule has 104 valence electrons. The normalized spacial score (nSPS) is 17.6. The largest absolute Gasteiger partial charge is 0.328 e. The predicted octanol–water partition coefficient (Wildman–Crippen LogP) is 1.50. The number of Topliss-reactive ketones (excluding diaryl/α,β-unsaturated/α-hetero) is 1. The Morgan fingerprint density at radius 1 is 1.32 bits per heavy atom. The van der Waals surface area contributed by atoms with Gasteiger partial charge in [-0.2, -0.15) is 0 Å². The van der Waals surface area contributed by atoms with Gasteiger partial charge in [0.05, 0.1) is 6.54 Å². The van der Waals surface area contributed by atoms with Crippen LogP contribution < -0.4 is 5.73 Å². The number of halogens is 2. The van der Waals surface area contributed by atoms with E-state index in [4.69, 9.17) is 5.73 Å². The number of likely N-dealkylation sites (tertiary alicyclic amines) is 1. The van der Waals surface area contributed by atoms with Gasteiger partial charge >= 0.3 is 0 Å². The Labute approximate surface area is 111 Å². The Hall–Kier alpha value is -1.33. The number of piperidine rings is 1. The van der Waals surface area contributed by atoms with Gasteiger partial charge in [0.25, 0.3) is 0 Å². The van der Waals surface area contributed by atoms with Crippen LogP contribution in [0.15, 0.2) is 18.2 Å². The summed E-state index contributed by atoms with van der Waals surface area (Å²) >= 11 is 0. The van der Waals surface area contributed by atoms with Gasteiger partial charge in [0.2, 0.25) is 0 Å². The van der Waals surface area contributed by atoms with E-state index < -0.39 is 11.6 Å². The zero-order valence-corrected chi connectivity index (χ0v) is 10.7. The molecule has 19 heavy (non-hydrogen) atoms. The molecular weight excluding hydrogens is 250 g/mol. The summed E-state index contributed by atoms with van der Waals surface area (Å²) in [6.07, 6.45) is 1.69. The highest BCUT2D eigenvalue weighted by atomic mass is 19.1. The fourth-order valence-corrected chi connectivity index (χ4v) is 2.31. The Balaban J connectivity index is 1.89. The molecule has 5 heteroatoms. The summed E-state index contributed by atoms with van der Waals surface area (Å²) in [5, 5.41) is 0. The molecule has 1 aromatic carbocycles. The van der Waals surface area contributed by atoms with Crippen LogP contribution in [0.5, 0.6) is 0 Å². The second kappa shape index (κ2) is 6.21. The first-order valence-corrected chi connectivity index (χ1v) is 6.48. The van der Waals surface area contributed by atoms with E-state index in [0.29, 0.717) is 0 Å². The van der Waals surface area contributed by atoms with Crippen molar-refractivity contribution < 1.29 is 13.6 Å². The second-order valence-electron chi connectivity index (χ2n) is 5.06. The quantitative estimate of drug-likeness (QED) is 0.900. The van der Waals surface area contributed by atoms with Gasteiger partial charge in [0.1, 0.15) is 11.6 Å². The number of benzene rings is 1. The van der Waals surface area contributed by atoms with Crippen LogP contribution in [0.1, 0.15) is 18.4 Å². The van der Waals surface area contributed by atoms with Crippen molar-refractivity contribution >= 4 is 5.78 Å². The van der Waals surface area contributed by atoms with Gasteiger partial charge in [0, 0.05) is 25.6 Å². The number of carbonyl (C=O) groups is 1. The van der Waals surface area contributed by atoms with E-state index in [0.717, 1.165) is 44.1 Å². The van der Waals surface area contributed by atoms with Crippen molar-refractivity contribution in [2.75, 3.05) is 19.6 Å². The fraction of sp³-hybridized carbons (Fsp3) is 0.500. The van der Waals surface area contributed by atoms with E-state index in [1.165, 1.54) is 0 Å². The molecule has 0 radical (unpaired) electrons. The molecule has 1 aliphatic heterocycles. The molecule has 0 aliphatic carbocycles. The SMILES string of the molecule is NC1CCN(CC(=O)Cc2cc(F)ccc2F)CC1. The molecule has 0 spiro atoms. The Bertz CT molecular complexity index is 457. The van der Waals surface area contributed by atoms with Crippen LogP contribution >= 0.6 is 0 Å². The van der Waals surface area contributed by atoms with Gasteiger partial charge in [0.15, 0.2) is 5.78 Å². The minimum absolute atomic E-state index is 0.0633. The van der Waals surface area contributed by atoms with Crippen molar-refractivity contribution in [1.29, 1.82) is 0 Å². The van der Waals surface area contributed by atoms with Crippen LogP contribution in [0.4, 0.5) is 8.78 Å². The molecule has 0 bridgehead atoms. The molecule has 1 aliphatic rings. The smallest absolute Gasteiger partial charge is 0.151 e. The van der Waals surface area contributed by atoms with Crippen molar-refractivity contribution in [3.63, 3.8) is 0 Å². The number of carbonyl (C=O) groups excluding carboxylic acids is 1. The summed E-state index contributed by atoms with van der Waals surface area (Å²) < 4.78 is 26.4. The van der Waals surface area contributed by atoms with Crippen LogP contribution in [-0.2, 0) is 11.2 Å². The van der Waals surface area contributed by atoms with Gasteiger partial charge < -0.3 is 5.73 Å². The molecule has 0 atom stereocenters. The third-order valence-electron chi connectivity index (χ3n) is 3.43. The van der Waals surface area contributed by atoms with Crippen molar-refractivity contribution in [3.8, 4) is 0 Å². The maximum absolute atomic E-state index is 13.4. The van der Waals surface area contributed by atoms with Crippen LogP contribution in [-0.4, -0.2) is 36.4 Å². The van der Waals surface area contributed by atoms with Gasteiger partial charge in [-0.25, -0.2) is 8.78 Å². The number of hydrogen-bond acceptors (Lipinski definition) is 3. The minimum atomic E-state index is -0.532. The summed E-state index contributed by atoms with van der Waals surface area (Å²) in [6.45, 7) is 1.86. The monoisotopic (exact) mass is 268 g/mol. The predicted molar refractivity (Wildman–Crippen MR) is 68.7 cm³/mol. The van der Waals surface area contributed by atoms with Crippen LogP contribution in [0, 0.1) is 11.6 Å². The van der Waals surface area contributed by atoms with Crippen molar-refractivity contribution in [3.05, 3.63) is 35.4 Å². The minimum Gasteiger partial charge on any atom is -0.328 e. The first kappa shape index (κ1) is 14.1. The molecule has 3 nitrogen and oxygen atoms in total.